The molecule has 4 aromatic carbocycles. The fourth-order valence-corrected chi connectivity index (χ4v) is 9.23. The fourth-order valence-electron chi connectivity index (χ4n) is 9.23. The van der Waals surface area contributed by atoms with Crippen LogP contribution in [0, 0.1) is 17.8 Å². The van der Waals surface area contributed by atoms with Crippen LogP contribution in [0.25, 0.3) is 17.1 Å². The summed E-state index contributed by atoms with van der Waals surface area (Å²) in [4.78, 5) is 98.7. The number of hydrogen-bond donors (Lipinski definition) is 8. The Bertz CT molecular complexity index is 2940. The number of phenols is 2. The summed E-state index contributed by atoms with van der Waals surface area (Å²) in [6.45, 7) is 18.9. The van der Waals surface area contributed by atoms with E-state index in [9.17, 15) is 43.8 Å². The maximum atomic E-state index is 14.6. The fraction of sp³-hybridized carbons (Fsp3) is 0.450. The van der Waals surface area contributed by atoms with Crippen LogP contribution in [0.5, 0.6) is 11.5 Å². The molecule has 0 bridgehead atoms. The van der Waals surface area contributed by atoms with E-state index in [0.29, 0.717) is 30.6 Å². The molecular weight excluding hydrogens is 1010 g/mol. The molecule has 1 aromatic heterocycles. The molecule has 79 heavy (non-hydrogen) atoms. The van der Waals surface area contributed by atoms with Crippen LogP contribution in [0.1, 0.15) is 132 Å². The predicted molar refractivity (Wildman–Crippen MR) is 299 cm³/mol. The molecule has 0 spiro atoms. The standard InChI is InChI=1S/C60H77N9O10/c1-11-61-59(78)53-68-67-52(43-31-42(36(6)7)48(70)32-49(43)71)69(53)41-25-23-40(24-26-41)54(73)66-50(37(8)9)58(77)62-44(27-22-38-18-14-12-15-19-38)55(74)64-46(29-35(4)5)56(75)65-47(30-39-20-16-13-17-21-39)57(76)63-45(28-34(2)3)51(72)60(10)33-79-60/h12-21,23-26,31-32,34-37,44-47,50,70-71H,11,22,27-30,33H2,1-10H3,(H,61,78)(H,62,77)(H,63,76)(H,64,74)(H,65,75)(H,66,73)/t44-,45-,46-,47-,50-,60+/m0/s1. The smallest absolute Gasteiger partial charge is 0.289 e. The Morgan fingerprint density at radius 1 is 0.633 bits per heavy atom. The number of ketones is 1. The maximum Gasteiger partial charge on any atom is 0.289 e. The minimum atomic E-state index is -1.19. The van der Waals surface area contributed by atoms with Gasteiger partial charge in [0.2, 0.25) is 29.5 Å². The summed E-state index contributed by atoms with van der Waals surface area (Å²) in [5.41, 5.74) is 1.91. The summed E-state index contributed by atoms with van der Waals surface area (Å²) in [5, 5.41) is 47.1. The molecule has 19 nitrogen and oxygen atoms in total. The van der Waals surface area contributed by atoms with Gasteiger partial charge in [-0.25, -0.2) is 0 Å². The average Bonchev–Trinajstić information content (AvgIpc) is 4.14. The van der Waals surface area contributed by atoms with Crippen molar-refractivity contribution >= 4 is 41.2 Å². The van der Waals surface area contributed by atoms with Crippen molar-refractivity contribution in [3.05, 3.63) is 125 Å². The van der Waals surface area contributed by atoms with Crippen LogP contribution >= 0.6 is 0 Å². The topological polar surface area (TPSA) is 275 Å². The van der Waals surface area contributed by atoms with E-state index >= 15 is 0 Å². The largest absolute Gasteiger partial charge is 0.508 e. The molecule has 5 aromatic rings. The van der Waals surface area contributed by atoms with Crippen molar-refractivity contribution in [2.75, 3.05) is 13.2 Å². The molecule has 1 fully saturated rings. The zero-order chi connectivity index (χ0) is 57.7. The van der Waals surface area contributed by atoms with Gasteiger partial charge in [-0.05, 0) is 110 Å². The normalized spacial score (nSPS) is 15.9. The number of aryl methyl sites for hydroxylation is 1. The molecule has 1 aliphatic heterocycles. The van der Waals surface area contributed by atoms with E-state index in [-0.39, 0.29) is 83.7 Å². The molecule has 1 aliphatic rings. The molecule has 2 heterocycles. The molecule has 8 N–H and O–H groups in total. The molecule has 19 heteroatoms. The maximum absolute atomic E-state index is 14.6. The number of nitrogens with one attached hydrogen (secondary N) is 6. The number of aromatic nitrogens is 3. The number of epoxide rings is 1. The van der Waals surface area contributed by atoms with Gasteiger partial charge in [0.05, 0.1) is 18.2 Å². The van der Waals surface area contributed by atoms with Gasteiger partial charge in [-0.2, -0.15) is 0 Å². The van der Waals surface area contributed by atoms with Gasteiger partial charge < -0.3 is 46.9 Å². The Kier molecular flexibility index (Phi) is 20.7. The van der Waals surface area contributed by atoms with E-state index in [4.69, 9.17) is 4.74 Å². The number of hydrogen-bond acceptors (Lipinski definition) is 12. The zero-order valence-corrected chi connectivity index (χ0v) is 46.9. The van der Waals surface area contributed by atoms with E-state index in [1.165, 1.54) is 22.8 Å². The first-order chi connectivity index (χ1) is 37.5. The summed E-state index contributed by atoms with van der Waals surface area (Å²) in [6, 6.07) is 22.0. The minimum absolute atomic E-state index is 0.0542. The zero-order valence-electron chi connectivity index (χ0n) is 46.9. The van der Waals surface area contributed by atoms with Crippen LogP contribution in [-0.2, 0) is 41.6 Å². The number of carbonyl (C=O) groups excluding carboxylic acids is 7. The van der Waals surface area contributed by atoms with E-state index in [1.54, 1.807) is 45.9 Å². The number of benzene rings is 4. The number of amides is 6. The quantitative estimate of drug-likeness (QED) is 0.0272. The number of rotatable bonds is 27. The van der Waals surface area contributed by atoms with E-state index in [0.717, 1.165) is 11.1 Å². The Morgan fingerprint density at radius 3 is 1.75 bits per heavy atom. The number of nitrogens with zero attached hydrogens (tertiary/aromatic N) is 3. The third-order valence-electron chi connectivity index (χ3n) is 13.7. The van der Waals surface area contributed by atoms with Crippen molar-refractivity contribution in [3.8, 4) is 28.6 Å². The first kappa shape index (κ1) is 60.3. The summed E-state index contributed by atoms with van der Waals surface area (Å²) in [5.74, 6) is -4.96. The number of Topliss-reactive ketones (excluding diaryl/α,β-unsaturated/α-hetero) is 1. The Labute approximate surface area is 462 Å². The van der Waals surface area contributed by atoms with E-state index < -0.39 is 77.2 Å². The first-order valence-corrected chi connectivity index (χ1v) is 27.2. The Balaban J connectivity index is 1.23. The minimum Gasteiger partial charge on any atom is -0.508 e. The van der Waals surface area contributed by atoms with Crippen LogP contribution in [0.4, 0.5) is 0 Å². The molecule has 6 rings (SSSR count). The molecule has 422 valence electrons. The van der Waals surface area contributed by atoms with Gasteiger partial charge in [-0.1, -0.05) is 116 Å². The lowest BCUT2D eigenvalue weighted by Crippen LogP contribution is -2.60. The number of carbonyl (C=O) groups is 7. The van der Waals surface area contributed by atoms with Gasteiger partial charge in [0, 0.05) is 30.3 Å². The highest BCUT2D eigenvalue weighted by atomic mass is 16.6. The lowest BCUT2D eigenvalue weighted by molar-refractivity contribution is -0.135. The van der Waals surface area contributed by atoms with E-state index in [1.807, 2.05) is 102 Å². The van der Waals surface area contributed by atoms with Crippen LogP contribution in [0.3, 0.4) is 0 Å². The SMILES string of the molecule is CCNC(=O)c1nnc(-c2cc(C(C)C)c(O)cc2O)n1-c1ccc(C(=O)N[C@H](C(=O)N[C@@H](CCc2ccccc2)C(=O)N[C@@H](CC(C)C)C(=O)N[C@@H](Cc2ccccc2)C(=O)N[C@@H](CC(C)C)C(=O)[C@@]2(C)CO2)C(C)C)cc1. The van der Waals surface area contributed by atoms with Crippen LogP contribution < -0.4 is 31.9 Å². The van der Waals surface area contributed by atoms with Crippen molar-refractivity contribution in [2.45, 2.75) is 143 Å². The molecule has 0 aliphatic carbocycles. The lowest BCUT2D eigenvalue weighted by atomic mass is 9.93. The highest BCUT2D eigenvalue weighted by Gasteiger charge is 2.50. The monoisotopic (exact) mass is 1080 g/mol. The molecule has 1 saturated heterocycles. The molecular formula is C60H77N9O10. The second-order valence-corrected chi connectivity index (χ2v) is 22.0. The Morgan fingerprint density at radius 2 is 1.18 bits per heavy atom. The predicted octanol–water partition coefficient (Wildman–Crippen LogP) is 6.24. The van der Waals surface area contributed by atoms with Gasteiger partial charge in [0.1, 0.15) is 41.3 Å². The summed E-state index contributed by atoms with van der Waals surface area (Å²) in [7, 11) is 0. The third kappa shape index (κ3) is 16.1. The second-order valence-electron chi connectivity index (χ2n) is 22.0. The van der Waals surface area contributed by atoms with Crippen LogP contribution in [0.15, 0.2) is 97.1 Å². The second kappa shape index (κ2) is 27.1. The van der Waals surface area contributed by atoms with Gasteiger partial charge in [-0.3, -0.25) is 38.1 Å². The number of phenolic OH excluding ortho intramolecular Hbond substituents is 2. The van der Waals surface area contributed by atoms with Crippen molar-refractivity contribution in [1.29, 1.82) is 0 Å². The summed E-state index contributed by atoms with van der Waals surface area (Å²) in [6.07, 6.45) is 1.11. The number of ether oxygens (including phenoxy) is 1. The van der Waals surface area contributed by atoms with Crippen LogP contribution in [-0.4, -0.2) is 115 Å². The van der Waals surface area contributed by atoms with Crippen molar-refractivity contribution in [2.24, 2.45) is 17.8 Å². The average molecular weight is 1080 g/mol. The van der Waals surface area contributed by atoms with Crippen LogP contribution in [0.2, 0.25) is 0 Å². The van der Waals surface area contributed by atoms with Gasteiger partial charge in [-0.15, -0.1) is 10.2 Å². The lowest BCUT2D eigenvalue weighted by Gasteiger charge is -2.29. The van der Waals surface area contributed by atoms with E-state index in [2.05, 4.69) is 42.1 Å². The highest BCUT2D eigenvalue weighted by Crippen LogP contribution is 2.38. The molecule has 0 radical (unpaired) electrons. The van der Waals surface area contributed by atoms with Crippen molar-refractivity contribution < 1.29 is 48.5 Å². The van der Waals surface area contributed by atoms with Crippen molar-refractivity contribution in [3.63, 3.8) is 0 Å². The van der Waals surface area contributed by atoms with Gasteiger partial charge in [0.15, 0.2) is 11.6 Å². The summed E-state index contributed by atoms with van der Waals surface area (Å²) < 4.78 is 6.88. The highest BCUT2D eigenvalue weighted by molar-refractivity contribution is 6.00. The van der Waals surface area contributed by atoms with Gasteiger partial charge >= 0.3 is 0 Å². The molecule has 0 unspecified atom stereocenters. The third-order valence-corrected chi connectivity index (χ3v) is 13.7. The first-order valence-electron chi connectivity index (χ1n) is 27.2. The number of aromatic hydroxyl groups is 2. The summed E-state index contributed by atoms with van der Waals surface area (Å²) >= 11 is 0. The molecule has 0 saturated carbocycles. The van der Waals surface area contributed by atoms with Gasteiger partial charge in [0.25, 0.3) is 11.8 Å². The molecule has 6 atom stereocenters. The molecule has 6 amide bonds. The van der Waals surface area contributed by atoms with Crippen molar-refractivity contribution in [1.82, 2.24) is 46.7 Å². The Hall–Kier alpha value is -7.93.